The monoisotopic (exact) mass is 376 g/mol. The van der Waals surface area contributed by atoms with Crippen molar-refractivity contribution < 1.29 is 9.13 Å². The van der Waals surface area contributed by atoms with Crippen LogP contribution < -0.4 is 11.2 Å². The van der Waals surface area contributed by atoms with Gasteiger partial charge < -0.3 is 4.74 Å². The third-order valence-electron chi connectivity index (χ3n) is 3.62. The summed E-state index contributed by atoms with van der Waals surface area (Å²) in [7, 11) is 0. The molecular weight excluding hydrogens is 367 g/mol. The lowest BCUT2D eigenvalue weighted by atomic mass is 10.1. The standard InChI is InChI=1S/C13H11BrClFN2O3/c14-7-5-8-9(11(16)10(7)15)12(19)17-13(20)18(8)6-1-3-21-4-2-6/h5-6H,1-4H2,(H,17,19,20). The number of aromatic nitrogens is 2. The van der Waals surface area contributed by atoms with E-state index in [4.69, 9.17) is 16.3 Å². The number of rotatable bonds is 1. The zero-order valence-electron chi connectivity index (χ0n) is 10.8. The van der Waals surface area contributed by atoms with Crippen LogP contribution in [-0.2, 0) is 4.74 Å². The first-order chi connectivity index (χ1) is 10.0. The molecule has 0 bridgehead atoms. The number of ether oxygens (including phenoxy) is 1. The number of halogens is 3. The average molecular weight is 378 g/mol. The lowest BCUT2D eigenvalue weighted by Crippen LogP contribution is -2.35. The van der Waals surface area contributed by atoms with Gasteiger partial charge in [-0.05, 0) is 34.8 Å². The maximum Gasteiger partial charge on any atom is 0.329 e. The quantitative estimate of drug-likeness (QED) is 0.777. The van der Waals surface area contributed by atoms with E-state index in [2.05, 4.69) is 20.9 Å². The smallest absolute Gasteiger partial charge is 0.329 e. The molecule has 2 heterocycles. The van der Waals surface area contributed by atoms with Crippen molar-refractivity contribution in [1.82, 2.24) is 9.55 Å². The lowest BCUT2D eigenvalue weighted by Gasteiger charge is -2.25. The third-order valence-corrected chi connectivity index (χ3v) is 4.85. The summed E-state index contributed by atoms with van der Waals surface area (Å²) < 4.78 is 21.3. The molecule has 0 radical (unpaired) electrons. The third kappa shape index (κ3) is 2.43. The molecule has 112 valence electrons. The summed E-state index contributed by atoms with van der Waals surface area (Å²) >= 11 is 8.97. The Hall–Kier alpha value is -1.18. The molecule has 0 spiro atoms. The summed E-state index contributed by atoms with van der Waals surface area (Å²) in [6.07, 6.45) is 1.26. The summed E-state index contributed by atoms with van der Waals surface area (Å²) in [4.78, 5) is 26.2. The second-order valence-electron chi connectivity index (χ2n) is 4.85. The zero-order chi connectivity index (χ0) is 15.1. The van der Waals surface area contributed by atoms with Crippen molar-refractivity contribution in [2.75, 3.05) is 13.2 Å². The van der Waals surface area contributed by atoms with Crippen LogP contribution in [0.25, 0.3) is 10.9 Å². The largest absolute Gasteiger partial charge is 0.381 e. The summed E-state index contributed by atoms with van der Waals surface area (Å²) in [5.41, 5.74) is -1.08. The van der Waals surface area contributed by atoms with Gasteiger partial charge in [0, 0.05) is 23.7 Å². The summed E-state index contributed by atoms with van der Waals surface area (Å²) in [6.45, 7) is 1.05. The number of aromatic amines is 1. The normalized spacial score (nSPS) is 16.5. The Bertz CT molecular complexity index is 827. The molecule has 2 aromatic rings. The summed E-state index contributed by atoms with van der Waals surface area (Å²) in [6, 6.07) is 1.37. The number of nitrogens with one attached hydrogen (secondary N) is 1. The van der Waals surface area contributed by atoms with Gasteiger partial charge in [0.15, 0.2) is 5.82 Å². The Morgan fingerprint density at radius 1 is 1.38 bits per heavy atom. The van der Waals surface area contributed by atoms with Gasteiger partial charge in [0.1, 0.15) is 5.39 Å². The Labute approximate surface area is 131 Å². The summed E-state index contributed by atoms with van der Waals surface area (Å²) in [5.74, 6) is -0.830. The van der Waals surface area contributed by atoms with Gasteiger partial charge >= 0.3 is 5.69 Å². The van der Waals surface area contributed by atoms with Crippen LogP contribution in [0.1, 0.15) is 18.9 Å². The van der Waals surface area contributed by atoms with Crippen molar-refractivity contribution in [3.8, 4) is 0 Å². The van der Waals surface area contributed by atoms with Crippen LogP contribution in [0.3, 0.4) is 0 Å². The van der Waals surface area contributed by atoms with Crippen LogP contribution in [-0.4, -0.2) is 22.8 Å². The molecule has 0 amide bonds. The average Bonchev–Trinajstić information content (AvgIpc) is 2.45. The van der Waals surface area contributed by atoms with Gasteiger partial charge in [0.2, 0.25) is 0 Å². The molecule has 1 fully saturated rings. The van der Waals surface area contributed by atoms with Gasteiger partial charge in [-0.25, -0.2) is 9.18 Å². The molecule has 3 rings (SSSR count). The summed E-state index contributed by atoms with van der Waals surface area (Å²) in [5, 5.41) is -0.375. The van der Waals surface area contributed by atoms with Gasteiger partial charge in [0.05, 0.1) is 10.5 Å². The number of hydrogen-bond donors (Lipinski definition) is 1. The maximum absolute atomic E-state index is 14.3. The minimum atomic E-state index is -0.830. The second kappa shape index (κ2) is 5.55. The van der Waals surface area contributed by atoms with Crippen molar-refractivity contribution in [1.29, 1.82) is 0 Å². The van der Waals surface area contributed by atoms with Gasteiger partial charge in [-0.2, -0.15) is 0 Å². The Kier molecular flexibility index (Phi) is 3.90. The highest BCUT2D eigenvalue weighted by molar-refractivity contribution is 9.10. The second-order valence-corrected chi connectivity index (χ2v) is 6.09. The highest BCUT2D eigenvalue weighted by Gasteiger charge is 2.23. The van der Waals surface area contributed by atoms with Crippen molar-refractivity contribution in [3.05, 3.63) is 42.2 Å². The highest BCUT2D eigenvalue weighted by Crippen LogP contribution is 2.32. The van der Waals surface area contributed by atoms with E-state index in [1.807, 2.05) is 0 Å². The van der Waals surface area contributed by atoms with E-state index in [0.29, 0.717) is 30.5 Å². The molecule has 1 aliphatic rings. The number of nitrogens with zero attached hydrogens (tertiary/aromatic N) is 1. The molecule has 8 heteroatoms. The van der Waals surface area contributed by atoms with Crippen LogP contribution in [0.15, 0.2) is 20.1 Å². The van der Waals surface area contributed by atoms with Crippen molar-refractivity contribution in [3.63, 3.8) is 0 Å². The van der Waals surface area contributed by atoms with Crippen molar-refractivity contribution >= 4 is 38.4 Å². The van der Waals surface area contributed by atoms with E-state index < -0.39 is 17.1 Å². The van der Waals surface area contributed by atoms with Gasteiger partial charge in [0.25, 0.3) is 5.56 Å². The minimum Gasteiger partial charge on any atom is -0.381 e. The molecular formula is C13H11BrClFN2O3. The first-order valence-corrected chi connectivity index (χ1v) is 7.57. The van der Waals surface area contributed by atoms with Crippen LogP contribution >= 0.6 is 27.5 Å². The fraction of sp³-hybridized carbons (Fsp3) is 0.385. The molecule has 0 atom stereocenters. The molecule has 5 nitrogen and oxygen atoms in total. The predicted molar refractivity (Wildman–Crippen MR) is 80.6 cm³/mol. The number of H-pyrrole nitrogens is 1. The van der Waals surface area contributed by atoms with Crippen molar-refractivity contribution in [2.45, 2.75) is 18.9 Å². The first kappa shape index (κ1) is 14.7. The van der Waals surface area contributed by atoms with E-state index in [1.165, 1.54) is 10.6 Å². The van der Waals surface area contributed by atoms with Gasteiger partial charge in [-0.3, -0.25) is 14.3 Å². The molecule has 0 saturated carbocycles. The molecule has 1 aromatic heterocycles. The Balaban J connectivity index is 2.39. The Morgan fingerprint density at radius 3 is 2.71 bits per heavy atom. The topological polar surface area (TPSA) is 64.1 Å². The number of hydrogen-bond acceptors (Lipinski definition) is 3. The van der Waals surface area contributed by atoms with Crippen LogP contribution in [0.2, 0.25) is 5.02 Å². The van der Waals surface area contributed by atoms with Crippen molar-refractivity contribution in [2.24, 2.45) is 0 Å². The van der Waals surface area contributed by atoms with E-state index in [-0.39, 0.29) is 22.0 Å². The van der Waals surface area contributed by atoms with E-state index in [0.717, 1.165) is 0 Å². The lowest BCUT2D eigenvalue weighted by molar-refractivity contribution is 0.0695. The minimum absolute atomic E-state index is 0.141. The fourth-order valence-electron chi connectivity index (χ4n) is 2.62. The molecule has 0 aliphatic carbocycles. The molecule has 1 N–H and O–H groups in total. The van der Waals surface area contributed by atoms with Gasteiger partial charge in [-0.15, -0.1) is 0 Å². The number of fused-ring (bicyclic) bond motifs is 1. The SMILES string of the molecule is O=c1[nH]c(=O)n(C2CCOCC2)c2cc(Br)c(Cl)c(F)c12. The molecule has 0 unspecified atom stereocenters. The van der Waals surface area contributed by atoms with E-state index in [1.54, 1.807) is 0 Å². The van der Waals surface area contributed by atoms with E-state index >= 15 is 0 Å². The molecule has 21 heavy (non-hydrogen) atoms. The number of benzene rings is 1. The maximum atomic E-state index is 14.3. The highest BCUT2D eigenvalue weighted by atomic mass is 79.9. The fourth-order valence-corrected chi connectivity index (χ4v) is 3.16. The van der Waals surface area contributed by atoms with E-state index in [9.17, 15) is 14.0 Å². The van der Waals surface area contributed by atoms with Gasteiger partial charge in [-0.1, -0.05) is 11.6 Å². The Morgan fingerprint density at radius 2 is 2.05 bits per heavy atom. The first-order valence-electron chi connectivity index (χ1n) is 6.40. The van der Waals surface area contributed by atoms with Crippen LogP contribution in [0.5, 0.6) is 0 Å². The zero-order valence-corrected chi connectivity index (χ0v) is 13.1. The predicted octanol–water partition coefficient (Wildman–Crippen LogP) is 2.60. The van der Waals surface area contributed by atoms with Crippen LogP contribution in [0.4, 0.5) is 4.39 Å². The molecule has 1 aliphatic heterocycles. The van der Waals surface area contributed by atoms with Crippen LogP contribution in [0, 0.1) is 5.82 Å². The molecule has 1 aromatic carbocycles. The molecule has 1 saturated heterocycles.